The third kappa shape index (κ3) is 5.96. The van der Waals surface area contributed by atoms with Gasteiger partial charge < -0.3 is 19.9 Å². The molecule has 0 unspecified atom stereocenters. The van der Waals surface area contributed by atoms with E-state index in [1.165, 1.54) is 11.9 Å². The zero-order chi connectivity index (χ0) is 27.5. The Morgan fingerprint density at radius 1 is 1.10 bits per heavy atom. The molecule has 1 aliphatic heterocycles. The first-order valence-corrected chi connectivity index (χ1v) is 17.5. The lowest BCUT2D eigenvalue weighted by Crippen LogP contribution is -2.38. The highest BCUT2D eigenvalue weighted by Gasteiger charge is 2.37. The second-order valence-electron chi connectivity index (χ2n) is 12.0. The summed E-state index contributed by atoms with van der Waals surface area (Å²) >= 11 is 0. The third-order valence-electron chi connectivity index (χ3n) is 8.12. The van der Waals surface area contributed by atoms with E-state index >= 15 is 0 Å². The molecule has 0 radical (unpaired) electrons. The average molecular weight is 546 g/mol. The molecule has 3 aromatic heterocycles. The summed E-state index contributed by atoms with van der Waals surface area (Å²) in [5.74, 6) is 1.05. The number of carbonyl (C=O) groups excluding carboxylic acids is 1. The molecule has 5 rings (SSSR count). The quantitative estimate of drug-likeness (QED) is 0.170. The van der Waals surface area contributed by atoms with Gasteiger partial charge in [0.15, 0.2) is 5.82 Å². The van der Waals surface area contributed by atoms with Crippen LogP contribution < -0.4 is 5.73 Å². The van der Waals surface area contributed by atoms with E-state index in [2.05, 4.69) is 55.1 Å². The molecule has 0 bridgehead atoms. The minimum absolute atomic E-state index is 0.294. The van der Waals surface area contributed by atoms with Crippen molar-refractivity contribution < 1.29 is 9.53 Å². The number of ether oxygens (including phenoxy) is 1. The molecule has 0 aromatic carbocycles. The van der Waals surface area contributed by atoms with Gasteiger partial charge in [0.2, 0.25) is 0 Å². The number of piperidine rings is 1. The minimum Gasteiger partial charge on any atom is -0.383 e. The number of rotatable bonds is 9. The predicted octanol–water partition coefficient (Wildman–Crippen LogP) is 5.14. The molecule has 2 aliphatic rings. The second-order valence-corrected chi connectivity index (χ2v) is 17.6. The molecule has 0 saturated carbocycles. The molecule has 1 fully saturated rings. The average Bonchev–Trinajstić information content (AvgIpc) is 3.27. The van der Waals surface area contributed by atoms with Gasteiger partial charge in [0.1, 0.15) is 30.8 Å². The summed E-state index contributed by atoms with van der Waals surface area (Å²) in [6, 6.07) is 2.92. The maximum atomic E-state index is 10.7. The Kier molecular flexibility index (Phi) is 7.95. The Morgan fingerprint density at radius 2 is 1.87 bits per heavy atom. The SMILES string of the molecule is C[Si](C)(C)CCOCn1c(C2=CCC3(CC2)CCN(C=CC=O)CC3)c(-c2ncccn2)c2c(N)ncnc21. The van der Waals surface area contributed by atoms with E-state index in [0.717, 1.165) is 79.8 Å². The van der Waals surface area contributed by atoms with Crippen LogP contribution in [0.25, 0.3) is 28.0 Å². The number of hydrogen-bond acceptors (Lipinski definition) is 8. The topological polar surface area (TPSA) is 112 Å². The zero-order valence-corrected chi connectivity index (χ0v) is 24.3. The standard InChI is InChI=1S/C29H39N7O2Si/c1-39(2,3)19-18-38-21-36-25(22-6-8-29(9-7-22)10-15-35(16-11-29)14-5-17-37)23(27-31-12-4-13-32-27)24-26(30)33-20-34-28(24)36/h4-6,12-14,17,20H,7-11,15-16,18-19,21H2,1-3H3,(H2,30,33,34). The van der Waals surface area contributed by atoms with Crippen LogP contribution >= 0.6 is 0 Å². The molecule has 9 nitrogen and oxygen atoms in total. The molecule has 2 N–H and O–H groups in total. The van der Waals surface area contributed by atoms with Crippen molar-refractivity contribution in [1.82, 2.24) is 29.4 Å². The van der Waals surface area contributed by atoms with Crippen molar-refractivity contribution in [3.05, 3.63) is 48.8 Å². The fourth-order valence-electron chi connectivity index (χ4n) is 5.75. The van der Waals surface area contributed by atoms with E-state index in [9.17, 15) is 4.79 Å². The van der Waals surface area contributed by atoms with Crippen molar-refractivity contribution in [2.24, 2.45) is 5.41 Å². The number of carbonyl (C=O) groups is 1. The minimum atomic E-state index is -1.22. The number of hydrogen-bond donors (Lipinski definition) is 1. The molecule has 10 heteroatoms. The summed E-state index contributed by atoms with van der Waals surface area (Å²) < 4.78 is 8.42. The molecule has 1 saturated heterocycles. The summed E-state index contributed by atoms with van der Waals surface area (Å²) in [5.41, 5.74) is 10.7. The molecule has 3 aromatic rings. The van der Waals surface area contributed by atoms with Crippen LogP contribution in [0.2, 0.25) is 25.7 Å². The zero-order valence-electron chi connectivity index (χ0n) is 23.3. The molecular weight excluding hydrogens is 506 g/mol. The van der Waals surface area contributed by atoms with Crippen LogP contribution in [-0.2, 0) is 16.3 Å². The highest BCUT2D eigenvalue weighted by atomic mass is 28.3. The van der Waals surface area contributed by atoms with E-state index < -0.39 is 8.07 Å². The Hall–Kier alpha value is -3.37. The monoisotopic (exact) mass is 545 g/mol. The van der Waals surface area contributed by atoms with E-state index in [1.807, 2.05) is 12.3 Å². The molecule has 1 aliphatic carbocycles. The van der Waals surface area contributed by atoms with Crippen LogP contribution in [0.4, 0.5) is 5.82 Å². The van der Waals surface area contributed by atoms with Crippen molar-refractivity contribution in [1.29, 1.82) is 0 Å². The van der Waals surface area contributed by atoms with Gasteiger partial charge >= 0.3 is 0 Å². The van der Waals surface area contributed by atoms with Gasteiger partial charge in [-0.1, -0.05) is 25.7 Å². The van der Waals surface area contributed by atoms with Gasteiger partial charge in [-0.2, -0.15) is 0 Å². The highest BCUT2D eigenvalue weighted by molar-refractivity contribution is 6.76. The van der Waals surface area contributed by atoms with Crippen molar-refractivity contribution in [3.63, 3.8) is 0 Å². The number of nitrogens with zero attached hydrogens (tertiary/aromatic N) is 6. The number of allylic oxidation sites excluding steroid dienone is 3. The summed E-state index contributed by atoms with van der Waals surface area (Å²) in [5, 5.41) is 0.781. The van der Waals surface area contributed by atoms with Gasteiger partial charge in [0.25, 0.3) is 0 Å². The first-order valence-electron chi connectivity index (χ1n) is 13.8. The fraction of sp³-hybridized carbons (Fsp3) is 0.483. The number of anilines is 1. The van der Waals surface area contributed by atoms with Crippen molar-refractivity contribution in [2.45, 2.75) is 64.5 Å². The summed E-state index contributed by atoms with van der Waals surface area (Å²) in [4.78, 5) is 31.2. The van der Waals surface area contributed by atoms with Crippen LogP contribution in [0.5, 0.6) is 0 Å². The number of aromatic nitrogens is 5. The molecule has 0 atom stereocenters. The van der Waals surface area contributed by atoms with E-state index in [1.54, 1.807) is 18.5 Å². The van der Waals surface area contributed by atoms with Crippen molar-refractivity contribution >= 4 is 36.8 Å². The number of nitrogens with two attached hydrogens (primary N) is 1. The lowest BCUT2D eigenvalue weighted by molar-refractivity contribution is -0.104. The second kappa shape index (κ2) is 11.4. The molecule has 0 amide bonds. The van der Waals surface area contributed by atoms with Gasteiger partial charge in [0.05, 0.1) is 16.6 Å². The first kappa shape index (κ1) is 27.2. The maximum Gasteiger partial charge on any atom is 0.162 e. The van der Waals surface area contributed by atoms with Gasteiger partial charge in [-0.3, -0.25) is 4.79 Å². The smallest absolute Gasteiger partial charge is 0.162 e. The van der Waals surface area contributed by atoms with Crippen molar-refractivity contribution in [3.8, 4) is 11.4 Å². The number of fused-ring (bicyclic) bond motifs is 1. The Labute approximate surface area is 231 Å². The lowest BCUT2D eigenvalue weighted by Gasteiger charge is -2.43. The number of aldehydes is 1. The molecule has 39 heavy (non-hydrogen) atoms. The summed E-state index contributed by atoms with van der Waals surface area (Å²) in [6.07, 6.45) is 17.1. The van der Waals surface area contributed by atoms with Gasteiger partial charge in [0, 0.05) is 46.4 Å². The van der Waals surface area contributed by atoms with Crippen LogP contribution in [-0.4, -0.2) is 63.5 Å². The molecule has 206 valence electrons. The molecule has 4 heterocycles. The van der Waals surface area contributed by atoms with Gasteiger partial charge in [-0.25, -0.2) is 19.9 Å². The molecular formula is C29H39N7O2Si. The van der Waals surface area contributed by atoms with Crippen LogP contribution in [0.15, 0.2) is 43.1 Å². The van der Waals surface area contributed by atoms with Crippen LogP contribution in [0, 0.1) is 5.41 Å². The number of likely N-dealkylation sites (tertiary alicyclic amines) is 1. The highest BCUT2D eigenvalue weighted by Crippen LogP contribution is 2.48. The Balaban J connectivity index is 1.52. The first-order chi connectivity index (χ1) is 18.8. The summed E-state index contributed by atoms with van der Waals surface area (Å²) in [7, 11) is -1.22. The van der Waals surface area contributed by atoms with E-state index in [4.69, 9.17) is 10.5 Å². The predicted molar refractivity (Wildman–Crippen MR) is 157 cm³/mol. The maximum absolute atomic E-state index is 10.7. The normalized spacial score (nSPS) is 17.7. The van der Waals surface area contributed by atoms with Crippen LogP contribution in [0.1, 0.15) is 37.8 Å². The number of nitrogen functional groups attached to an aromatic ring is 1. The third-order valence-corrected chi connectivity index (χ3v) is 9.82. The largest absolute Gasteiger partial charge is 0.383 e. The van der Waals surface area contributed by atoms with Gasteiger partial charge in [-0.05, 0) is 61.3 Å². The molecule has 1 spiro atoms. The summed E-state index contributed by atoms with van der Waals surface area (Å²) in [6.45, 7) is 10.1. The van der Waals surface area contributed by atoms with E-state index in [-0.39, 0.29) is 0 Å². The van der Waals surface area contributed by atoms with Crippen LogP contribution in [0.3, 0.4) is 0 Å². The lowest BCUT2D eigenvalue weighted by atomic mass is 9.68. The Bertz CT molecular complexity index is 1370. The van der Waals surface area contributed by atoms with Crippen molar-refractivity contribution in [2.75, 3.05) is 25.4 Å². The fourth-order valence-corrected chi connectivity index (χ4v) is 6.51. The van der Waals surface area contributed by atoms with E-state index in [0.29, 0.717) is 30.4 Å². The van der Waals surface area contributed by atoms with Gasteiger partial charge in [-0.15, -0.1) is 0 Å². The Morgan fingerprint density at radius 3 is 2.54 bits per heavy atom.